The molecule has 3 aromatic carbocycles. The minimum atomic E-state index is -0.306. The van der Waals surface area contributed by atoms with Gasteiger partial charge in [0.05, 0.1) is 4.91 Å². The van der Waals surface area contributed by atoms with Crippen molar-refractivity contribution < 1.29 is 9.59 Å². The van der Waals surface area contributed by atoms with Crippen molar-refractivity contribution in [1.82, 2.24) is 5.32 Å². The van der Waals surface area contributed by atoms with E-state index in [4.69, 9.17) is 0 Å². The van der Waals surface area contributed by atoms with Crippen LogP contribution in [-0.2, 0) is 11.2 Å². The standard InChI is InChI=1S/C25H19NO2S/c1-14-11-20-19(18-9-8-16-5-3-4-6-17(16)13-18)10-7-15(2)22(20)21(12-14)23-24(27)26-25(28)29-23/h3-10,12-13H,11H2,1-2H3,(H,26,27,28)/b23-21-. The molecule has 0 aromatic heterocycles. The molecule has 3 aromatic rings. The molecule has 1 aliphatic heterocycles. The van der Waals surface area contributed by atoms with Crippen molar-refractivity contribution in [2.75, 3.05) is 0 Å². The second-order valence-corrected chi connectivity index (χ2v) is 8.58. The van der Waals surface area contributed by atoms with E-state index >= 15 is 0 Å². The van der Waals surface area contributed by atoms with Crippen molar-refractivity contribution in [1.29, 1.82) is 0 Å². The van der Waals surface area contributed by atoms with E-state index in [0.717, 1.165) is 34.9 Å². The van der Waals surface area contributed by atoms with Crippen LogP contribution in [-0.4, -0.2) is 11.1 Å². The fourth-order valence-electron chi connectivity index (χ4n) is 4.27. The van der Waals surface area contributed by atoms with Gasteiger partial charge in [0.25, 0.3) is 11.1 Å². The number of allylic oxidation sites excluding steroid dienone is 3. The molecule has 4 heteroatoms. The summed E-state index contributed by atoms with van der Waals surface area (Å²) < 4.78 is 0. The molecule has 1 fully saturated rings. The van der Waals surface area contributed by atoms with Gasteiger partial charge in [0, 0.05) is 5.57 Å². The minimum Gasteiger partial charge on any atom is -0.282 e. The first-order chi connectivity index (χ1) is 14.0. The molecule has 2 aliphatic rings. The molecule has 1 saturated heterocycles. The van der Waals surface area contributed by atoms with Crippen molar-refractivity contribution >= 4 is 39.3 Å². The third kappa shape index (κ3) is 3.00. The second-order valence-electron chi connectivity index (χ2n) is 7.60. The van der Waals surface area contributed by atoms with Crippen LogP contribution in [0.1, 0.15) is 23.6 Å². The zero-order chi connectivity index (χ0) is 20.1. The van der Waals surface area contributed by atoms with Gasteiger partial charge in [-0.25, -0.2) is 0 Å². The Bertz CT molecular complexity index is 1280. The highest BCUT2D eigenvalue weighted by molar-refractivity contribution is 8.18. The number of benzene rings is 3. The van der Waals surface area contributed by atoms with Gasteiger partial charge < -0.3 is 0 Å². The topological polar surface area (TPSA) is 46.2 Å². The van der Waals surface area contributed by atoms with E-state index < -0.39 is 0 Å². The number of carbonyl (C=O) groups is 2. The normalized spacial score (nSPS) is 18.6. The molecule has 3 nitrogen and oxygen atoms in total. The van der Waals surface area contributed by atoms with Gasteiger partial charge >= 0.3 is 0 Å². The Morgan fingerprint density at radius 3 is 2.48 bits per heavy atom. The highest BCUT2D eigenvalue weighted by atomic mass is 32.2. The predicted octanol–water partition coefficient (Wildman–Crippen LogP) is 6.01. The molecule has 0 radical (unpaired) electrons. The quantitative estimate of drug-likeness (QED) is 0.511. The number of aryl methyl sites for hydroxylation is 1. The Kier molecular flexibility index (Phi) is 4.18. The van der Waals surface area contributed by atoms with Gasteiger partial charge in [-0.1, -0.05) is 60.2 Å². The monoisotopic (exact) mass is 397 g/mol. The average molecular weight is 397 g/mol. The lowest BCUT2D eigenvalue weighted by atomic mass is 9.81. The number of hydrogen-bond donors (Lipinski definition) is 1. The Morgan fingerprint density at radius 1 is 0.931 bits per heavy atom. The Morgan fingerprint density at radius 2 is 1.72 bits per heavy atom. The third-order valence-corrected chi connectivity index (χ3v) is 6.46. The van der Waals surface area contributed by atoms with Crippen LogP contribution in [0, 0.1) is 6.92 Å². The highest BCUT2D eigenvalue weighted by Gasteiger charge is 2.31. The predicted molar refractivity (Wildman–Crippen MR) is 120 cm³/mol. The van der Waals surface area contributed by atoms with Crippen molar-refractivity contribution in [2.45, 2.75) is 20.3 Å². The summed E-state index contributed by atoms with van der Waals surface area (Å²) in [7, 11) is 0. The van der Waals surface area contributed by atoms with Gasteiger partial charge in [-0.2, -0.15) is 0 Å². The van der Waals surface area contributed by atoms with Crippen LogP contribution in [0.3, 0.4) is 0 Å². The van der Waals surface area contributed by atoms with Crippen LogP contribution in [0.2, 0.25) is 0 Å². The largest absolute Gasteiger partial charge is 0.290 e. The van der Waals surface area contributed by atoms with Crippen molar-refractivity contribution in [2.24, 2.45) is 0 Å². The van der Waals surface area contributed by atoms with Crippen LogP contribution in [0.25, 0.3) is 27.5 Å². The SMILES string of the molecule is CC1=C/C(=C2/SC(=O)NC2=O)c2c(C)ccc(-c3ccc4ccccc4c3)c2C1. The maximum Gasteiger partial charge on any atom is 0.290 e. The number of hydrogen-bond acceptors (Lipinski definition) is 3. The summed E-state index contributed by atoms with van der Waals surface area (Å²) in [5.41, 5.74) is 7.79. The van der Waals surface area contributed by atoms with Gasteiger partial charge in [0.15, 0.2) is 0 Å². The lowest BCUT2D eigenvalue weighted by molar-refractivity contribution is -0.115. The summed E-state index contributed by atoms with van der Waals surface area (Å²) in [6, 6.07) is 19.2. The summed E-state index contributed by atoms with van der Waals surface area (Å²) in [5.74, 6) is -0.303. The molecule has 2 amide bonds. The fraction of sp³-hybridized carbons (Fsp3) is 0.120. The molecule has 5 rings (SSSR count). The fourth-order valence-corrected chi connectivity index (χ4v) is 5.01. The number of rotatable bonds is 1. The van der Waals surface area contributed by atoms with Crippen LogP contribution in [0.5, 0.6) is 0 Å². The second kappa shape index (κ2) is 6.75. The van der Waals surface area contributed by atoms with Gasteiger partial charge in [-0.05, 0) is 76.7 Å². The number of imide groups is 1. The maximum atomic E-state index is 12.4. The molecule has 142 valence electrons. The molecule has 1 aliphatic carbocycles. The van der Waals surface area contributed by atoms with Crippen molar-refractivity contribution in [3.63, 3.8) is 0 Å². The van der Waals surface area contributed by atoms with Crippen LogP contribution in [0.4, 0.5) is 4.79 Å². The molecule has 1 heterocycles. The lowest BCUT2D eigenvalue weighted by Gasteiger charge is -2.24. The molecule has 0 unspecified atom stereocenters. The van der Waals surface area contributed by atoms with Gasteiger partial charge in [-0.15, -0.1) is 0 Å². The van der Waals surface area contributed by atoms with Gasteiger partial charge in [0.2, 0.25) is 0 Å². The smallest absolute Gasteiger partial charge is 0.282 e. The number of carbonyl (C=O) groups excluding carboxylic acids is 2. The molecule has 29 heavy (non-hydrogen) atoms. The van der Waals surface area contributed by atoms with E-state index in [-0.39, 0.29) is 11.1 Å². The molecule has 0 saturated carbocycles. The molecular formula is C25H19NO2S. The first-order valence-corrected chi connectivity index (χ1v) is 10.4. The maximum absolute atomic E-state index is 12.4. The molecular weight excluding hydrogens is 378 g/mol. The van der Waals surface area contributed by atoms with Crippen LogP contribution in [0.15, 0.2) is 71.2 Å². The van der Waals surface area contributed by atoms with E-state index in [2.05, 4.69) is 73.8 Å². The third-order valence-electron chi connectivity index (χ3n) is 5.56. The van der Waals surface area contributed by atoms with Crippen LogP contribution < -0.4 is 5.32 Å². The number of thioether (sulfide) groups is 1. The summed E-state index contributed by atoms with van der Waals surface area (Å²) in [6.45, 7) is 4.15. The molecule has 0 bridgehead atoms. The number of nitrogens with one attached hydrogen (secondary N) is 1. The van der Waals surface area contributed by atoms with Gasteiger partial charge in [0.1, 0.15) is 0 Å². The zero-order valence-electron chi connectivity index (χ0n) is 16.2. The summed E-state index contributed by atoms with van der Waals surface area (Å²) in [6.07, 6.45) is 2.89. The Labute approximate surface area is 173 Å². The van der Waals surface area contributed by atoms with Crippen molar-refractivity contribution in [3.8, 4) is 11.1 Å². The van der Waals surface area contributed by atoms with Crippen LogP contribution >= 0.6 is 11.8 Å². The molecule has 1 N–H and O–H groups in total. The average Bonchev–Trinajstić information content (AvgIpc) is 3.05. The zero-order valence-corrected chi connectivity index (χ0v) is 17.0. The van der Waals surface area contributed by atoms with E-state index in [9.17, 15) is 9.59 Å². The first kappa shape index (κ1) is 18.0. The van der Waals surface area contributed by atoms with Gasteiger partial charge in [-0.3, -0.25) is 14.9 Å². The van der Waals surface area contributed by atoms with E-state index in [1.807, 2.05) is 6.07 Å². The van der Waals surface area contributed by atoms with E-state index in [1.54, 1.807) is 0 Å². The summed E-state index contributed by atoms with van der Waals surface area (Å²) >= 11 is 0.994. The first-order valence-electron chi connectivity index (χ1n) is 9.58. The van der Waals surface area contributed by atoms with Crippen molar-refractivity contribution in [3.05, 3.63) is 87.8 Å². The Hall–Kier alpha value is -3.11. The Balaban J connectivity index is 1.76. The number of amides is 2. The molecule has 0 atom stereocenters. The summed E-state index contributed by atoms with van der Waals surface area (Å²) in [4.78, 5) is 24.6. The van der Waals surface area contributed by atoms with E-state index in [1.165, 1.54) is 33.0 Å². The highest BCUT2D eigenvalue weighted by Crippen LogP contribution is 2.43. The van der Waals surface area contributed by atoms with E-state index in [0.29, 0.717) is 4.91 Å². The summed E-state index contributed by atoms with van der Waals surface area (Å²) in [5, 5.41) is 4.51. The lowest BCUT2D eigenvalue weighted by Crippen LogP contribution is -2.19. The molecule has 0 spiro atoms. The minimum absolute atomic E-state index is 0.303. The number of fused-ring (bicyclic) bond motifs is 2.